The molecular weight excluding hydrogens is 390 g/mol. The third-order valence-electron chi connectivity index (χ3n) is 4.55. The Morgan fingerprint density at radius 2 is 1.72 bits per heavy atom. The topological polar surface area (TPSA) is 85.6 Å². The van der Waals surface area contributed by atoms with Crippen molar-refractivity contribution in [1.82, 2.24) is 5.32 Å². The number of furan rings is 1. The Balaban J connectivity index is 1.87. The number of benzene rings is 2. The van der Waals surface area contributed by atoms with Crippen molar-refractivity contribution in [3.05, 3.63) is 83.3 Å². The molecule has 3 rings (SSSR count). The number of methoxy groups -OCH3 is 1. The molecule has 1 heterocycles. The van der Waals surface area contributed by atoms with Gasteiger partial charge in [0.05, 0.1) is 18.3 Å². The lowest BCUT2D eigenvalue weighted by molar-refractivity contribution is 0.0953. The number of rotatable bonds is 7. The van der Waals surface area contributed by atoms with E-state index < -0.39 is 15.1 Å². The van der Waals surface area contributed by atoms with Gasteiger partial charge in [0.25, 0.3) is 5.91 Å². The van der Waals surface area contributed by atoms with Gasteiger partial charge in [0.2, 0.25) is 0 Å². The maximum Gasteiger partial charge on any atom is 0.251 e. The lowest BCUT2D eigenvalue weighted by Crippen LogP contribution is -2.31. The van der Waals surface area contributed by atoms with Crippen molar-refractivity contribution in [3.63, 3.8) is 0 Å². The fourth-order valence-electron chi connectivity index (χ4n) is 3.16. The van der Waals surface area contributed by atoms with Gasteiger partial charge in [-0.25, -0.2) is 8.42 Å². The van der Waals surface area contributed by atoms with Crippen LogP contribution >= 0.6 is 0 Å². The number of amides is 1. The van der Waals surface area contributed by atoms with Gasteiger partial charge in [-0.3, -0.25) is 4.79 Å². The predicted octanol–water partition coefficient (Wildman–Crippen LogP) is 3.85. The van der Waals surface area contributed by atoms with Gasteiger partial charge in [-0.05, 0) is 62.4 Å². The third kappa shape index (κ3) is 4.68. The van der Waals surface area contributed by atoms with Crippen molar-refractivity contribution in [2.75, 3.05) is 13.7 Å². The Morgan fingerprint density at radius 1 is 1.07 bits per heavy atom. The van der Waals surface area contributed by atoms with E-state index in [9.17, 15) is 13.2 Å². The van der Waals surface area contributed by atoms with Crippen LogP contribution in [0.2, 0.25) is 0 Å². The Labute approximate surface area is 170 Å². The standard InChI is InChI=1S/C22H23NO5S/c1-15-11-16(2)13-17(12-15)22(24)23-14-21(20-5-4-10-28-20)29(25,26)19-8-6-18(27-3)7-9-19/h4-13,21H,14H2,1-3H3,(H,23,24). The lowest BCUT2D eigenvalue weighted by Gasteiger charge is -2.17. The van der Waals surface area contributed by atoms with Crippen LogP contribution in [0, 0.1) is 13.8 Å². The summed E-state index contributed by atoms with van der Waals surface area (Å²) in [5.74, 6) is 0.487. The molecule has 0 fully saturated rings. The molecular formula is C22H23NO5S. The summed E-state index contributed by atoms with van der Waals surface area (Å²) in [7, 11) is -2.30. The minimum absolute atomic E-state index is 0.117. The summed E-state index contributed by atoms with van der Waals surface area (Å²) < 4.78 is 36.9. The van der Waals surface area contributed by atoms with E-state index in [1.807, 2.05) is 19.9 Å². The molecule has 0 aliphatic carbocycles. The minimum atomic E-state index is -3.81. The summed E-state index contributed by atoms with van der Waals surface area (Å²) in [6.45, 7) is 3.70. The van der Waals surface area contributed by atoms with Crippen LogP contribution in [0.5, 0.6) is 5.75 Å². The molecule has 0 radical (unpaired) electrons. The van der Waals surface area contributed by atoms with Gasteiger partial charge < -0.3 is 14.5 Å². The average molecular weight is 413 g/mol. The maximum absolute atomic E-state index is 13.2. The lowest BCUT2D eigenvalue weighted by atomic mass is 10.1. The van der Waals surface area contributed by atoms with Gasteiger partial charge in [-0.2, -0.15) is 0 Å². The first-order valence-corrected chi connectivity index (χ1v) is 10.6. The number of hydrogen-bond acceptors (Lipinski definition) is 5. The normalized spacial score (nSPS) is 12.4. The smallest absolute Gasteiger partial charge is 0.251 e. The van der Waals surface area contributed by atoms with Gasteiger partial charge in [-0.1, -0.05) is 17.2 Å². The minimum Gasteiger partial charge on any atom is -0.497 e. The fraction of sp³-hybridized carbons (Fsp3) is 0.227. The first-order valence-electron chi connectivity index (χ1n) is 9.09. The Bertz CT molecular complexity index is 1070. The summed E-state index contributed by atoms with van der Waals surface area (Å²) in [4.78, 5) is 12.7. The van der Waals surface area contributed by atoms with Crippen molar-refractivity contribution in [3.8, 4) is 5.75 Å². The van der Waals surface area contributed by atoms with Crippen LogP contribution < -0.4 is 10.1 Å². The molecule has 152 valence electrons. The molecule has 3 aromatic rings. The molecule has 1 amide bonds. The van der Waals surface area contributed by atoms with Crippen molar-refractivity contribution in [2.45, 2.75) is 24.0 Å². The number of hydrogen-bond donors (Lipinski definition) is 1. The molecule has 1 unspecified atom stereocenters. The molecule has 0 spiro atoms. The van der Waals surface area contributed by atoms with Crippen LogP contribution in [0.15, 0.2) is 70.2 Å². The van der Waals surface area contributed by atoms with Gasteiger partial charge in [0, 0.05) is 12.1 Å². The van der Waals surface area contributed by atoms with Crippen molar-refractivity contribution >= 4 is 15.7 Å². The quantitative estimate of drug-likeness (QED) is 0.636. The van der Waals surface area contributed by atoms with Crippen LogP contribution in [0.4, 0.5) is 0 Å². The van der Waals surface area contributed by atoms with Crippen LogP contribution in [0.3, 0.4) is 0 Å². The number of sulfone groups is 1. The van der Waals surface area contributed by atoms with E-state index in [0.717, 1.165) is 11.1 Å². The highest BCUT2D eigenvalue weighted by Gasteiger charge is 2.32. The second-order valence-corrected chi connectivity index (χ2v) is 8.94. The molecule has 1 N–H and O–H groups in total. The second-order valence-electron chi connectivity index (χ2n) is 6.81. The number of carbonyl (C=O) groups is 1. The van der Waals surface area contributed by atoms with Crippen molar-refractivity contribution in [2.24, 2.45) is 0 Å². The monoisotopic (exact) mass is 413 g/mol. The van der Waals surface area contributed by atoms with Crippen LogP contribution in [0.1, 0.15) is 32.5 Å². The molecule has 0 bridgehead atoms. The van der Waals surface area contributed by atoms with Gasteiger partial charge in [-0.15, -0.1) is 0 Å². The Hall–Kier alpha value is -3.06. The van der Waals surface area contributed by atoms with Crippen molar-refractivity contribution in [1.29, 1.82) is 0 Å². The summed E-state index contributed by atoms with van der Waals surface area (Å²) >= 11 is 0. The van der Waals surface area contributed by atoms with E-state index in [4.69, 9.17) is 9.15 Å². The maximum atomic E-state index is 13.2. The van der Waals surface area contributed by atoms with Crippen LogP contribution in [-0.4, -0.2) is 28.0 Å². The molecule has 1 atom stereocenters. The number of nitrogens with one attached hydrogen (secondary N) is 1. The molecule has 2 aromatic carbocycles. The van der Waals surface area contributed by atoms with Crippen LogP contribution in [-0.2, 0) is 9.84 Å². The van der Waals surface area contributed by atoms with E-state index in [-0.39, 0.29) is 23.1 Å². The fourth-order valence-corrected chi connectivity index (χ4v) is 4.75. The molecule has 0 saturated carbocycles. The summed E-state index contributed by atoms with van der Waals surface area (Å²) in [6.07, 6.45) is 1.41. The molecule has 1 aromatic heterocycles. The zero-order valence-corrected chi connectivity index (χ0v) is 17.3. The van der Waals surface area contributed by atoms with E-state index in [0.29, 0.717) is 11.3 Å². The molecule has 29 heavy (non-hydrogen) atoms. The third-order valence-corrected chi connectivity index (χ3v) is 6.63. The van der Waals surface area contributed by atoms with Crippen molar-refractivity contribution < 1.29 is 22.4 Å². The first-order chi connectivity index (χ1) is 13.8. The summed E-state index contributed by atoms with van der Waals surface area (Å²) in [5, 5.41) is 1.68. The predicted molar refractivity (Wildman–Crippen MR) is 110 cm³/mol. The Morgan fingerprint density at radius 3 is 2.28 bits per heavy atom. The zero-order valence-electron chi connectivity index (χ0n) is 16.5. The molecule has 0 aliphatic rings. The second kappa shape index (κ2) is 8.53. The van der Waals surface area contributed by atoms with E-state index >= 15 is 0 Å². The van der Waals surface area contributed by atoms with E-state index in [2.05, 4.69) is 5.32 Å². The highest BCUT2D eigenvalue weighted by atomic mass is 32.2. The largest absolute Gasteiger partial charge is 0.497 e. The zero-order chi connectivity index (χ0) is 21.0. The molecule has 7 heteroatoms. The van der Waals surface area contributed by atoms with Gasteiger partial charge in [0.1, 0.15) is 16.8 Å². The Kier molecular flexibility index (Phi) is 6.08. The first kappa shape index (κ1) is 20.7. The van der Waals surface area contributed by atoms with Gasteiger partial charge in [0.15, 0.2) is 9.84 Å². The molecule has 6 nitrogen and oxygen atoms in total. The molecule has 0 saturated heterocycles. The highest BCUT2D eigenvalue weighted by molar-refractivity contribution is 7.91. The number of carbonyl (C=O) groups excluding carboxylic acids is 1. The average Bonchev–Trinajstić information content (AvgIpc) is 3.21. The van der Waals surface area contributed by atoms with Crippen LogP contribution in [0.25, 0.3) is 0 Å². The molecule has 0 aliphatic heterocycles. The highest BCUT2D eigenvalue weighted by Crippen LogP contribution is 2.30. The summed E-state index contributed by atoms with van der Waals surface area (Å²) in [5.41, 5.74) is 2.41. The van der Waals surface area contributed by atoms with Gasteiger partial charge >= 0.3 is 0 Å². The number of aryl methyl sites for hydroxylation is 2. The van der Waals surface area contributed by atoms with E-state index in [1.165, 1.54) is 25.5 Å². The summed E-state index contributed by atoms with van der Waals surface area (Å²) in [6, 6.07) is 14.8. The SMILES string of the molecule is COc1ccc(S(=O)(=O)C(CNC(=O)c2cc(C)cc(C)c2)c2ccco2)cc1. The van der Waals surface area contributed by atoms with E-state index in [1.54, 1.807) is 36.4 Å². The number of ether oxygens (including phenoxy) is 1.